The standard InChI is InChI=1S/C19H19F3N2O4S/c1-11-7-12(3-5-16(11)20)23-18(25)15-8-14(4-6-17(15)28-2)29(26,27)24-13-9-19(21,22)10-13/h3-8,13,24H,9-10H2,1-2H3,(H,23,25). The lowest BCUT2D eigenvalue weighted by atomic mass is 9.89. The molecule has 10 heteroatoms. The smallest absolute Gasteiger partial charge is 0.259 e. The molecule has 29 heavy (non-hydrogen) atoms. The number of anilines is 1. The van der Waals surface area contributed by atoms with Crippen molar-refractivity contribution in [2.45, 2.75) is 36.6 Å². The maximum absolute atomic E-state index is 13.4. The average molecular weight is 428 g/mol. The van der Waals surface area contributed by atoms with Crippen LogP contribution in [0.2, 0.25) is 0 Å². The van der Waals surface area contributed by atoms with Crippen LogP contribution in [-0.4, -0.2) is 33.4 Å². The number of methoxy groups -OCH3 is 1. The second-order valence-corrected chi connectivity index (χ2v) is 8.58. The van der Waals surface area contributed by atoms with E-state index in [1.54, 1.807) is 0 Å². The monoisotopic (exact) mass is 428 g/mol. The van der Waals surface area contributed by atoms with Crippen molar-refractivity contribution < 1.29 is 31.1 Å². The summed E-state index contributed by atoms with van der Waals surface area (Å²) in [6.07, 6.45) is -1.14. The van der Waals surface area contributed by atoms with Crippen LogP contribution in [0.15, 0.2) is 41.3 Å². The number of hydrogen-bond acceptors (Lipinski definition) is 4. The van der Waals surface area contributed by atoms with Gasteiger partial charge in [0, 0.05) is 24.6 Å². The van der Waals surface area contributed by atoms with Crippen molar-refractivity contribution in [2.24, 2.45) is 0 Å². The predicted molar refractivity (Wildman–Crippen MR) is 100 cm³/mol. The van der Waals surface area contributed by atoms with Crippen LogP contribution in [0.25, 0.3) is 0 Å². The molecule has 0 heterocycles. The first-order chi connectivity index (χ1) is 13.5. The zero-order chi connectivity index (χ0) is 21.4. The molecule has 1 aliphatic carbocycles. The Balaban J connectivity index is 1.84. The molecule has 1 amide bonds. The van der Waals surface area contributed by atoms with Gasteiger partial charge in [-0.1, -0.05) is 0 Å². The van der Waals surface area contributed by atoms with Crippen molar-refractivity contribution in [2.75, 3.05) is 12.4 Å². The van der Waals surface area contributed by atoms with E-state index in [9.17, 15) is 26.4 Å². The Kier molecular flexibility index (Phi) is 5.59. The van der Waals surface area contributed by atoms with Crippen LogP contribution >= 0.6 is 0 Å². The van der Waals surface area contributed by atoms with Crippen LogP contribution < -0.4 is 14.8 Å². The number of halogens is 3. The van der Waals surface area contributed by atoms with Gasteiger partial charge in [0.15, 0.2) is 0 Å². The van der Waals surface area contributed by atoms with Crippen molar-refractivity contribution in [3.8, 4) is 5.75 Å². The molecule has 0 unspecified atom stereocenters. The van der Waals surface area contributed by atoms with Crippen molar-refractivity contribution >= 4 is 21.6 Å². The summed E-state index contributed by atoms with van der Waals surface area (Å²) in [5.74, 6) is -3.84. The van der Waals surface area contributed by atoms with Crippen LogP contribution in [0.3, 0.4) is 0 Å². The molecule has 156 valence electrons. The van der Waals surface area contributed by atoms with Gasteiger partial charge in [0.05, 0.1) is 17.6 Å². The van der Waals surface area contributed by atoms with Crippen molar-refractivity contribution in [1.82, 2.24) is 4.72 Å². The van der Waals surface area contributed by atoms with Gasteiger partial charge < -0.3 is 10.1 Å². The number of amides is 1. The molecular formula is C19H19F3N2O4S. The lowest BCUT2D eigenvalue weighted by Gasteiger charge is -2.34. The van der Waals surface area contributed by atoms with Gasteiger partial charge in [0.1, 0.15) is 11.6 Å². The fourth-order valence-corrected chi connectivity index (χ4v) is 4.25. The number of hydrogen-bond donors (Lipinski definition) is 2. The van der Waals surface area contributed by atoms with E-state index >= 15 is 0 Å². The number of sulfonamides is 1. The van der Waals surface area contributed by atoms with Crippen molar-refractivity contribution in [3.63, 3.8) is 0 Å². The number of benzene rings is 2. The van der Waals surface area contributed by atoms with Gasteiger partial charge >= 0.3 is 0 Å². The molecular weight excluding hydrogens is 409 g/mol. The SMILES string of the molecule is COc1ccc(S(=O)(=O)NC2CC(F)(F)C2)cc1C(=O)Nc1ccc(F)c(C)c1. The third kappa shape index (κ3) is 4.70. The van der Waals surface area contributed by atoms with Gasteiger partial charge in [-0.25, -0.2) is 26.3 Å². The van der Waals surface area contributed by atoms with E-state index in [-0.39, 0.29) is 16.2 Å². The minimum absolute atomic E-state index is 0.0729. The number of alkyl halides is 2. The molecule has 1 saturated carbocycles. The van der Waals surface area contributed by atoms with E-state index in [2.05, 4.69) is 10.0 Å². The first-order valence-corrected chi connectivity index (χ1v) is 10.1. The zero-order valence-electron chi connectivity index (χ0n) is 15.6. The second kappa shape index (κ2) is 7.68. The molecule has 3 rings (SSSR count). The summed E-state index contributed by atoms with van der Waals surface area (Å²) in [5.41, 5.74) is 0.572. The lowest BCUT2D eigenvalue weighted by Crippen LogP contribution is -2.50. The Labute approximate surface area is 166 Å². The number of carbonyl (C=O) groups excluding carboxylic acids is 1. The molecule has 2 aromatic rings. The fraction of sp³-hybridized carbons (Fsp3) is 0.316. The summed E-state index contributed by atoms with van der Waals surface area (Å²) in [7, 11) is -2.79. The Morgan fingerprint density at radius 3 is 2.45 bits per heavy atom. The first-order valence-electron chi connectivity index (χ1n) is 8.66. The minimum Gasteiger partial charge on any atom is -0.496 e. The van der Waals surface area contributed by atoms with Crippen LogP contribution in [0.1, 0.15) is 28.8 Å². The zero-order valence-corrected chi connectivity index (χ0v) is 16.4. The average Bonchev–Trinajstić information content (AvgIpc) is 2.62. The molecule has 2 N–H and O–H groups in total. The summed E-state index contributed by atoms with van der Waals surface area (Å²) in [6, 6.07) is 6.75. The Morgan fingerprint density at radius 2 is 1.86 bits per heavy atom. The quantitative estimate of drug-likeness (QED) is 0.738. The molecule has 0 atom stereocenters. The largest absolute Gasteiger partial charge is 0.496 e. The Bertz CT molecular complexity index is 1050. The van der Waals surface area contributed by atoms with Crippen molar-refractivity contribution in [3.05, 3.63) is 53.3 Å². The van der Waals surface area contributed by atoms with Gasteiger partial charge in [-0.15, -0.1) is 0 Å². The molecule has 2 aromatic carbocycles. The number of aryl methyl sites for hydroxylation is 1. The van der Waals surface area contributed by atoms with E-state index in [1.807, 2.05) is 0 Å². The third-order valence-corrected chi connectivity index (χ3v) is 6.07. The molecule has 0 radical (unpaired) electrons. The highest BCUT2D eigenvalue weighted by molar-refractivity contribution is 7.89. The predicted octanol–water partition coefficient (Wildman–Crippen LogP) is 3.47. The summed E-state index contributed by atoms with van der Waals surface area (Å²) < 4.78 is 71.6. The first kappa shape index (κ1) is 21.1. The van der Waals surface area contributed by atoms with E-state index in [0.717, 1.165) is 6.07 Å². The lowest BCUT2D eigenvalue weighted by molar-refractivity contribution is -0.0876. The topological polar surface area (TPSA) is 84.5 Å². The molecule has 0 spiro atoms. The summed E-state index contributed by atoms with van der Waals surface area (Å²) in [4.78, 5) is 12.4. The minimum atomic E-state index is -4.11. The highest BCUT2D eigenvalue weighted by atomic mass is 32.2. The van der Waals surface area contributed by atoms with Gasteiger partial charge in [0.25, 0.3) is 11.8 Å². The van der Waals surface area contributed by atoms with Gasteiger partial charge in [0.2, 0.25) is 10.0 Å². The number of carbonyl (C=O) groups is 1. The van der Waals surface area contributed by atoms with Gasteiger partial charge in [-0.05, 0) is 48.9 Å². The number of ether oxygens (including phenoxy) is 1. The summed E-state index contributed by atoms with van der Waals surface area (Å²) in [5, 5.41) is 2.55. The molecule has 0 bridgehead atoms. The number of rotatable bonds is 6. The van der Waals surface area contributed by atoms with Gasteiger partial charge in [-0.2, -0.15) is 0 Å². The summed E-state index contributed by atoms with van der Waals surface area (Å²) in [6.45, 7) is 1.54. The molecule has 6 nitrogen and oxygen atoms in total. The van der Waals surface area contributed by atoms with Gasteiger partial charge in [-0.3, -0.25) is 4.79 Å². The van der Waals surface area contributed by atoms with Crippen LogP contribution in [0.4, 0.5) is 18.9 Å². The van der Waals surface area contributed by atoms with Crippen molar-refractivity contribution in [1.29, 1.82) is 0 Å². The molecule has 0 saturated heterocycles. The fourth-order valence-electron chi connectivity index (χ4n) is 2.98. The molecule has 1 fully saturated rings. The Hall–Kier alpha value is -2.59. The van der Waals surface area contributed by atoms with E-state index in [0.29, 0.717) is 11.3 Å². The number of nitrogens with one attached hydrogen (secondary N) is 2. The van der Waals surface area contributed by atoms with Crippen LogP contribution in [0, 0.1) is 12.7 Å². The third-order valence-electron chi connectivity index (χ3n) is 4.55. The molecule has 0 aromatic heterocycles. The maximum atomic E-state index is 13.4. The van der Waals surface area contributed by atoms with Crippen LogP contribution in [-0.2, 0) is 10.0 Å². The van der Waals surface area contributed by atoms with E-state index in [4.69, 9.17) is 4.74 Å². The highest BCUT2D eigenvalue weighted by Crippen LogP contribution is 2.38. The maximum Gasteiger partial charge on any atom is 0.259 e. The van der Waals surface area contributed by atoms with Crippen LogP contribution in [0.5, 0.6) is 5.75 Å². The normalized spacial score (nSPS) is 16.2. The highest BCUT2D eigenvalue weighted by Gasteiger charge is 2.46. The second-order valence-electron chi connectivity index (χ2n) is 6.86. The summed E-state index contributed by atoms with van der Waals surface area (Å²) >= 11 is 0. The van der Waals surface area contributed by atoms with E-state index in [1.165, 1.54) is 44.4 Å². The Morgan fingerprint density at radius 1 is 1.17 bits per heavy atom. The molecule has 1 aliphatic rings. The molecule has 0 aliphatic heterocycles. The van der Waals surface area contributed by atoms with E-state index < -0.39 is 46.6 Å².